The number of unbranched alkanes of at least 4 members (excludes halogenated alkanes) is 38. The lowest BCUT2D eigenvalue weighted by atomic mass is 9.71. The van der Waals surface area contributed by atoms with E-state index in [1.165, 1.54) is 241 Å². The van der Waals surface area contributed by atoms with Crippen LogP contribution in [0.2, 0.25) is 0 Å². The Labute approximate surface area is 662 Å². The Bertz CT molecular complexity index is 3180. The number of nitrogens with zero attached hydrogens (tertiary/aromatic N) is 8. The van der Waals surface area contributed by atoms with E-state index in [-0.39, 0.29) is 11.1 Å². The first-order valence-corrected chi connectivity index (χ1v) is 45.2. The molecule has 2 unspecified atom stereocenters. The fourth-order valence-corrected chi connectivity index (χ4v) is 18.9. The first kappa shape index (κ1) is 89.1. The van der Waals surface area contributed by atoms with Gasteiger partial charge in [-0.05, 0) is 111 Å². The monoisotopic (exact) mass is 1550 g/mol. The van der Waals surface area contributed by atoms with Gasteiger partial charge in [0, 0.05) is 71.6 Å². The molecule has 20 heteroatoms. The van der Waals surface area contributed by atoms with Crippen molar-refractivity contribution in [3.63, 3.8) is 0 Å². The molecule has 0 bridgehead atoms. The Morgan fingerprint density at radius 3 is 0.835 bits per heavy atom. The van der Waals surface area contributed by atoms with E-state index in [2.05, 4.69) is 72.6 Å². The van der Waals surface area contributed by atoms with Crippen molar-refractivity contribution >= 4 is 80.4 Å². The van der Waals surface area contributed by atoms with Crippen LogP contribution in [0.4, 0.5) is 73.4 Å². The van der Waals surface area contributed by atoms with Crippen LogP contribution in [0.5, 0.6) is 0 Å². The predicted octanol–water partition coefficient (Wildman–Crippen LogP) is 28.2. The van der Waals surface area contributed by atoms with Gasteiger partial charge in [0.1, 0.15) is 0 Å². The van der Waals surface area contributed by atoms with Crippen molar-refractivity contribution < 1.29 is 26.3 Å². The molecule has 8 rings (SSSR count). The van der Waals surface area contributed by atoms with Crippen LogP contribution in [0.25, 0.3) is 9.81 Å². The number of fused-ring (bicyclic) bond motifs is 4. The van der Waals surface area contributed by atoms with Crippen molar-refractivity contribution in [3.05, 3.63) is 94.1 Å². The fourth-order valence-electron chi connectivity index (χ4n) is 15.8. The Morgan fingerprint density at radius 2 is 0.560 bits per heavy atom. The third kappa shape index (κ3) is 25.5. The Hall–Kier alpha value is -5.50. The number of halogens is 6. The smallest absolute Gasteiger partial charge is 0.354 e. The minimum atomic E-state index is -5.69. The van der Waals surface area contributed by atoms with E-state index < -0.39 is 38.4 Å². The first-order chi connectivity index (χ1) is 52.9. The second kappa shape index (κ2) is 46.6. The number of hydrogen-bond acceptors (Lipinski definition) is 14. The van der Waals surface area contributed by atoms with E-state index in [4.69, 9.17) is 29.9 Å². The topological polar surface area (TPSA) is 132 Å². The maximum absolute atomic E-state index is 16.7. The van der Waals surface area contributed by atoms with E-state index in [0.29, 0.717) is 68.0 Å². The molecular formula is C89H138F6N12S2. The summed E-state index contributed by atoms with van der Waals surface area (Å²) in [7, 11) is 0. The summed E-state index contributed by atoms with van der Waals surface area (Å²) in [6.45, 7) is 21.8. The number of hydrogen-bond donors (Lipinski definition) is 4. The zero-order chi connectivity index (χ0) is 77.8. The van der Waals surface area contributed by atoms with Gasteiger partial charge in [-0.25, -0.2) is 0 Å². The number of allylic oxidation sites excluding steroid dienone is 4. The molecule has 0 spiro atoms. The zero-order valence-electron chi connectivity index (χ0n) is 68.3. The number of aromatic nitrogens is 6. The SMILES string of the molecule is CCCCCCCCCCCCNc1nc(Nc2ccc(C3=CC4=C5C(=C6C=C(c7ccc(Nc8nc(NCCCCCCCCCCCC)nc(N(CCCCCCCC)CCCCCCCC)n8)cc7)SC6(C)C4(C)S3)C(F)(F)C(F)(F)C5(F)F)cc2)nc(N(CCCCCCCC)CCCCCCCC)n1. The third-order valence-electron chi connectivity index (χ3n) is 22.7. The van der Waals surface area contributed by atoms with Crippen LogP contribution in [0.15, 0.2) is 83.0 Å². The van der Waals surface area contributed by atoms with Crippen molar-refractivity contribution in [2.45, 2.75) is 365 Å². The van der Waals surface area contributed by atoms with Gasteiger partial charge in [0.15, 0.2) is 0 Å². The lowest BCUT2D eigenvalue weighted by Crippen LogP contribution is -2.48. The summed E-state index contributed by atoms with van der Waals surface area (Å²) in [5, 5.41) is 14.0. The number of rotatable bonds is 60. The number of thioether (sulfide) groups is 2. The molecule has 2 aromatic heterocycles. The van der Waals surface area contributed by atoms with Gasteiger partial charge in [0.25, 0.3) is 0 Å². The van der Waals surface area contributed by atoms with E-state index in [0.717, 1.165) is 116 Å². The molecule has 2 aliphatic heterocycles. The van der Waals surface area contributed by atoms with E-state index >= 15 is 26.3 Å². The summed E-state index contributed by atoms with van der Waals surface area (Å²) in [5.74, 6) is -13.0. The number of alkyl halides is 6. The van der Waals surface area contributed by atoms with Gasteiger partial charge < -0.3 is 31.1 Å². The first-order valence-electron chi connectivity index (χ1n) is 43.6. The Morgan fingerprint density at radius 1 is 0.312 bits per heavy atom. The highest BCUT2D eigenvalue weighted by Gasteiger charge is 2.84. The second-order valence-electron chi connectivity index (χ2n) is 31.8. The Balaban J connectivity index is 1.02. The molecule has 608 valence electrons. The number of nitrogens with one attached hydrogen (secondary N) is 4. The van der Waals surface area contributed by atoms with Gasteiger partial charge in [0.05, 0.1) is 9.49 Å². The molecule has 0 amide bonds. The van der Waals surface area contributed by atoms with Crippen molar-refractivity contribution in [1.29, 1.82) is 0 Å². The zero-order valence-corrected chi connectivity index (χ0v) is 69.9. The van der Waals surface area contributed by atoms with Crippen molar-refractivity contribution in [2.24, 2.45) is 0 Å². The lowest BCUT2D eigenvalue weighted by Gasteiger charge is -2.47. The standard InChI is InChI=1S/C89H138F6N12S2/c1-9-15-21-27-33-35-37-39-41-47-61-96-79-100-81(104-83(102-79)106(63-49-43-29-23-17-11-3)64-50-44-30-24-18-12-4)98-71-57-53-69(54-58-71)75-67-73-77-78(88(92,93)89(94,95)87(77,90)91)74-68-76(109-86(74,8)85(73,7)108-75)70-55-59-72(60-56-70)99-82-101-80(97-62-48-42-40-38-36-34-28-22-16-10-2)103-84(105-82)107(65-51-45-31-25-19-13-5)66-52-46-32-26-20-14-6/h53-60,67-68H,9-52,61-66H2,1-8H3,(H2,96,98,100,102,104)(H2,97,99,101,103,105). The second-order valence-corrected chi connectivity index (χ2v) is 34.7. The van der Waals surface area contributed by atoms with Gasteiger partial charge in [-0.15, -0.1) is 23.5 Å². The molecule has 0 radical (unpaired) electrons. The minimum Gasteiger partial charge on any atom is -0.354 e. The molecule has 2 aliphatic carbocycles. The van der Waals surface area contributed by atoms with Crippen LogP contribution < -0.4 is 31.1 Å². The van der Waals surface area contributed by atoms with Crippen LogP contribution in [0.1, 0.15) is 349 Å². The molecule has 0 saturated heterocycles. The summed E-state index contributed by atoms with van der Waals surface area (Å²) in [4.78, 5) is 35.8. The summed E-state index contributed by atoms with van der Waals surface area (Å²) < 4.78 is 96.4. The Kier molecular flexibility index (Phi) is 38.1. The van der Waals surface area contributed by atoms with Crippen LogP contribution in [0, 0.1) is 0 Å². The highest BCUT2D eigenvalue weighted by atomic mass is 32.2. The molecule has 4 heterocycles. The summed E-state index contributed by atoms with van der Waals surface area (Å²) in [6.07, 6.45) is 55.8. The normalized spacial score (nSPS) is 18.1. The van der Waals surface area contributed by atoms with Crippen molar-refractivity contribution in [2.75, 3.05) is 70.3 Å². The third-order valence-corrected chi connectivity index (χ3v) is 26.1. The van der Waals surface area contributed by atoms with E-state index in [1.807, 2.05) is 48.5 Å². The summed E-state index contributed by atoms with van der Waals surface area (Å²) in [5.41, 5.74) is -0.435. The molecule has 12 nitrogen and oxygen atoms in total. The van der Waals surface area contributed by atoms with E-state index in [1.54, 1.807) is 13.8 Å². The van der Waals surface area contributed by atoms with Crippen molar-refractivity contribution in [3.8, 4) is 0 Å². The average molecular weight is 1550 g/mol. The highest BCUT2D eigenvalue weighted by Crippen LogP contribution is 2.75. The van der Waals surface area contributed by atoms with Crippen LogP contribution >= 0.6 is 23.5 Å². The van der Waals surface area contributed by atoms with Crippen molar-refractivity contribution in [1.82, 2.24) is 29.9 Å². The molecule has 109 heavy (non-hydrogen) atoms. The van der Waals surface area contributed by atoms with Crippen LogP contribution in [0.3, 0.4) is 0 Å². The van der Waals surface area contributed by atoms with Gasteiger partial charge in [-0.1, -0.05) is 310 Å². The molecule has 4 N–H and O–H groups in total. The molecular weight excluding hydrogens is 1420 g/mol. The van der Waals surface area contributed by atoms with Crippen LogP contribution in [-0.2, 0) is 0 Å². The fraction of sp³-hybridized carbons (Fsp3) is 0.708. The molecule has 4 aliphatic rings. The highest BCUT2D eigenvalue weighted by molar-refractivity contribution is 8.14. The largest absolute Gasteiger partial charge is 0.380 e. The number of anilines is 8. The number of benzene rings is 2. The molecule has 1 saturated carbocycles. The molecule has 2 atom stereocenters. The van der Waals surface area contributed by atoms with E-state index in [9.17, 15) is 0 Å². The predicted molar refractivity (Wildman–Crippen MR) is 455 cm³/mol. The molecule has 1 fully saturated rings. The van der Waals surface area contributed by atoms with Gasteiger partial charge in [0.2, 0.25) is 35.7 Å². The molecule has 2 aromatic carbocycles. The van der Waals surface area contributed by atoms with Gasteiger partial charge in [-0.2, -0.15) is 56.2 Å². The average Bonchev–Trinajstić information content (AvgIpc) is 1.49. The van der Waals surface area contributed by atoms with Gasteiger partial charge >= 0.3 is 17.8 Å². The van der Waals surface area contributed by atoms with Crippen LogP contribution in [-0.4, -0.2) is 96.4 Å². The summed E-state index contributed by atoms with van der Waals surface area (Å²) >= 11 is 2.51. The lowest BCUT2D eigenvalue weighted by molar-refractivity contribution is -0.258. The summed E-state index contributed by atoms with van der Waals surface area (Å²) in [6, 6.07) is 14.8. The van der Waals surface area contributed by atoms with Gasteiger partial charge in [-0.3, -0.25) is 0 Å². The minimum absolute atomic E-state index is 0.215. The molecule has 4 aromatic rings. The quantitative estimate of drug-likeness (QED) is 0.0247. The maximum Gasteiger partial charge on any atom is 0.380 e. The maximum atomic E-state index is 16.7.